The molecule has 3 heteroatoms. The molecule has 0 aliphatic rings. The largest absolute Gasteiger partial charge is 0.493 e. The third-order valence-electron chi connectivity index (χ3n) is 2.49. The van der Waals surface area contributed by atoms with E-state index in [0.717, 1.165) is 28.9 Å². The van der Waals surface area contributed by atoms with Gasteiger partial charge in [0.15, 0.2) is 6.29 Å². The molecule has 88 valence electrons. The molecule has 0 spiro atoms. The number of rotatable bonds is 5. The molecule has 1 rings (SSSR count). The molecule has 0 aromatic heterocycles. The van der Waals surface area contributed by atoms with Gasteiger partial charge in [-0.3, -0.25) is 4.79 Å². The fourth-order valence-corrected chi connectivity index (χ4v) is 1.67. The molecule has 0 atom stereocenters. The zero-order chi connectivity index (χ0) is 12.1. The molecular formula is C13H18O3. The molecule has 0 aliphatic carbocycles. The predicted molar refractivity (Wildman–Crippen MR) is 63.6 cm³/mol. The van der Waals surface area contributed by atoms with Gasteiger partial charge in [-0.2, -0.15) is 0 Å². The quantitative estimate of drug-likeness (QED) is 0.718. The van der Waals surface area contributed by atoms with E-state index in [-0.39, 0.29) is 0 Å². The van der Waals surface area contributed by atoms with Gasteiger partial charge in [-0.1, -0.05) is 0 Å². The molecule has 0 saturated carbocycles. The molecule has 0 heterocycles. The van der Waals surface area contributed by atoms with Crippen LogP contribution in [-0.4, -0.2) is 19.5 Å². The molecule has 1 aromatic rings. The fraction of sp³-hybridized carbons (Fsp3) is 0.462. The van der Waals surface area contributed by atoms with E-state index in [2.05, 4.69) is 0 Å². The second-order valence-electron chi connectivity index (χ2n) is 3.53. The summed E-state index contributed by atoms with van der Waals surface area (Å²) in [4.78, 5) is 10.9. The lowest BCUT2D eigenvalue weighted by Gasteiger charge is -2.16. The van der Waals surface area contributed by atoms with Crippen molar-refractivity contribution in [3.63, 3.8) is 0 Å². The van der Waals surface area contributed by atoms with Crippen molar-refractivity contribution in [3.05, 3.63) is 22.8 Å². The highest BCUT2D eigenvalue weighted by molar-refractivity contribution is 5.80. The number of benzene rings is 1. The lowest BCUT2D eigenvalue weighted by Crippen LogP contribution is -2.03. The fourth-order valence-electron chi connectivity index (χ4n) is 1.67. The van der Waals surface area contributed by atoms with E-state index in [1.165, 1.54) is 0 Å². The first-order valence-electron chi connectivity index (χ1n) is 5.50. The van der Waals surface area contributed by atoms with Crippen molar-refractivity contribution in [2.45, 2.75) is 27.7 Å². The summed E-state index contributed by atoms with van der Waals surface area (Å²) in [5, 5.41) is 0. The van der Waals surface area contributed by atoms with E-state index in [9.17, 15) is 4.79 Å². The molecule has 0 N–H and O–H groups in total. The van der Waals surface area contributed by atoms with Gasteiger partial charge >= 0.3 is 0 Å². The maximum absolute atomic E-state index is 10.9. The predicted octanol–water partition coefficient (Wildman–Crippen LogP) is 2.91. The summed E-state index contributed by atoms with van der Waals surface area (Å²) in [5.74, 6) is 1.48. The van der Waals surface area contributed by atoms with Crippen LogP contribution in [0.1, 0.15) is 35.3 Å². The summed E-state index contributed by atoms with van der Waals surface area (Å²) in [7, 11) is 0. The van der Waals surface area contributed by atoms with Crippen LogP contribution in [0, 0.1) is 13.8 Å². The Balaban J connectivity index is 3.32. The number of hydrogen-bond acceptors (Lipinski definition) is 3. The highest BCUT2D eigenvalue weighted by Gasteiger charge is 2.13. The third kappa shape index (κ3) is 2.35. The second-order valence-corrected chi connectivity index (χ2v) is 3.53. The van der Waals surface area contributed by atoms with Gasteiger partial charge in [-0.15, -0.1) is 0 Å². The van der Waals surface area contributed by atoms with Crippen LogP contribution in [0.3, 0.4) is 0 Å². The Morgan fingerprint density at radius 1 is 1.12 bits per heavy atom. The molecule has 0 fully saturated rings. The van der Waals surface area contributed by atoms with Crippen LogP contribution in [0.2, 0.25) is 0 Å². The Labute approximate surface area is 96.4 Å². The van der Waals surface area contributed by atoms with Gasteiger partial charge in [0.2, 0.25) is 0 Å². The molecule has 1 aromatic carbocycles. The highest BCUT2D eigenvalue weighted by Crippen LogP contribution is 2.33. The molecule has 3 nitrogen and oxygen atoms in total. The minimum atomic E-state index is 0.577. The number of carbonyl (C=O) groups excluding carboxylic acids is 1. The summed E-state index contributed by atoms with van der Waals surface area (Å²) >= 11 is 0. The van der Waals surface area contributed by atoms with Gasteiger partial charge in [0.1, 0.15) is 11.5 Å². The maximum Gasteiger partial charge on any atom is 0.150 e. The number of ether oxygens (including phenoxy) is 2. The van der Waals surface area contributed by atoms with Crippen molar-refractivity contribution in [3.8, 4) is 11.5 Å². The van der Waals surface area contributed by atoms with Gasteiger partial charge in [0.05, 0.1) is 13.2 Å². The normalized spacial score (nSPS) is 10.0. The second kappa shape index (κ2) is 5.54. The van der Waals surface area contributed by atoms with Crippen LogP contribution in [0.5, 0.6) is 11.5 Å². The highest BCUT2D eigenvalue weighted by atomic mass is 16.5. The van der Waals surface area contributed by atoms with Crippen LogP contribution < -0.4 is 9.47 Å². The average Bonchev–Trinajstić information content (AvgIpc) is 2.28. The summed E-state index contributed by atoms with van der Waals surface area (Å²) in [6, 6.07) is 1.77. The van der Waals surface area contributed by atoms with Gasteiger partial charge in [-0.05, 0) is 33.8 Å². The van der Waals surface area contributed by atoms with E-state index in [4.69, 9.17) is 9.47 Å². The Morgan fingerprint density at radius 3 is 2.25 bits per heavy atom. The van der Waals surface area contributed by atoms with E-state index in [1.807, 2.05) is 27.7 Å². The van der Waals surface area contributed by atoms with E-state index in [0.29, 0.717) is 18.8 Å². The number of carbonyl (C=O) groups is 1. The minimum Gasteiger partial charge on any atom is -0.493 e. The van der Waals surface area contributed by atoms with Crippen molar-refractivity contribution in [2.75, 3.05) is 13.2 Å². The average molecular weight is 222 g/mol. The van der Waals surface area contributed by atoms with Crippen molar-refractivity contribution in [1.29, 1.82) is 0 Å². The van der Waals surface area contributed by atoms with E-state index >= 15 is 0 Å². The maximum atomic E-state index is 10.9. The van der Waals surface area contributed by atoms with Crippen LogP contribution >= 0.6 is 0 Å². The lowest BCUT2D eigenvalue weighted by molar-refractivity contribution is 0.112. The minimum absolute atomic E-state index is 0.577. The first-order valence-corrected chi connectivity index (χ1v) is 5.50. The van der Waals surface area contributed by atoms with Gasteiger partial charge < -0.3 is 9.47 Å². The number of hydrogen-bond donors (Lipinski definition) is 0. The molecule has 0 radical (unpaired) electrons. The van der Waals surface area contributed by atoms with Crippen LogP contribution in [0.15, 0.2) is 6.07 Å². The SMILES string of the molecule is CCOc1cc(C=O)c(C)c(OCC)c1C. The monoisotopic (exact) mass is 222 g/mol. The molecule has 0 aliphatic heterocycles. The summed E-state index contributed by atoms with van der Waals surface area (Å²) in [6.45, 7) is 8.82. The Morgan fingerprint density at radius 2 is 1.75 bits per heavy atom. The van der Waals surface area contributed by atoms with Crippen molar-refractivity contribution >= 4 is 6.29 Å². The molecule has 0 amide bonds. The number of aldehydes is 1. The smallest absolute Gasteiger partial charge is 0.150 e. The van der Waals surface area contributed by atoms with Gasteiger partial charge in [0, 0.05) is 16.7 Å². The molecule has 0 bridgehead atoms. The molecule has 0 saturated heterocycles. The van der Waals surface area contributed by atoms with Crippen LogP contribution in [-0.2, 0) is 0 Å². The molecule has 0 unspecified atom stereocenters. The summed E-state index contributed by atoms with van der Waals surface area (Å²) in [6.07, 6.45) is 0.833. The zero-order valence-corrected chi connectivity index (χ0v) is 10.3. The first-order chi connectivity index (χ1) is 7.65. The Bertz CT molecular complexity index is 383. The van der Waals surface area contributed by atoms with Crippen LogP contribution in [0.25, 0.3) is 0 Å². The summed E-state index contributed by atoms with van der Waals surface area (Å²) < 4.78 is 11.0. The van der Waals surface area contributed by atoms with E-state index < -0.39 is 0 Å². The Kier molecular flexibility index (Phi) is 4.35. The van der Waals surface area contributed by atoms with Crippen molar-refractivity contribution < 1.29 is 14.3 Å². The van der Waals surface area contributed by atoms with Crippen molar-refractivity contribution in [2.24, 2.45) is 0 Å². The lowest BCUT2D eigenvalue weighted by atomic mass is 10.0. The first kappa shape index (κ1) is 12.6. The molecular weight excluding hydrogens is 204 g/mol. The van der Waals surface area contributed by atoms with Gasteiger partial charge in [0.25, 0.3) is 0 Å². The Hall–Kier alpha value is -1.51. The topological polar surface area (TPSA) is 35.5 Å². The van der Waals surface area contributed by atoms with Crippen molar-refractivity contribution in [1.82, 2.24) is 0 Å². The zero-order valence-electron chi connectivity index (χ0n) is 10.3. The molecule has 16 heavy (non-hydrogen) atoms. The standard InChI is InChI=1S/C13H18O3/c1-5-15-12-7-11(8-14)9(3)13(10(12)4)16-6-2/h7-8H,5-6H2,1-4H3. The van der Waals surface area contributed by atoms with E-state index in [1.54, 1.807) is 6.07 Å². The third-order valence-corrected chi connectivity index (χ3v) is 2.49. The van der Waals surface area contributed by atoms with Crippen LogP contribution in [0.4, 0.5) is 0 Å². The summed E-state index contributed by atoms with van der Waals surface area (Å²) in [5.41, 5.74) is 2.45. The van der Waals surface area contributed by atoms with Gasteiger partial charge in [-0.25, -0.2) is 0 Å².